The molecule has 0 aromatic carbocycles. The molecule has 0 aromatic heterocycles. The van der Waals surface area contributed by atoms with Gasteiger partial charge >= 0.3 is 12.0 Å². The van der Waals surface area contributed by atoms with Crippen molar-refractivity contribution >= 4 is 12.0 Å². The number of urea groups is 1. The van der Waals surface area contributed by atoms with Gasteiger partial charge < -0.3 is 15.3 Å². The lowest BCUT2D eigenvalue weighted by molar-refractivity contribution is -0.137. The normalized spacial score (nSPS) is 25.6. The Morgan fingerprint density at radius 1 is 1.24 bits per heavy atom. The van der Waals surface area contributed by atoms with Crippen LogP contribution < -0.4 is 5.32 Å². The van der Waals surface area contributed by atoms with Crippen molar-refractivity contribution < 1.29 is 14.7 Å². The molecule has 0 aromatic rings. The molecule has 2 atom stereocenters. The monoisotopic (exact) mass is 294 g/mol. The van der Waals surface area contributed by atoms with Crippen molar-refractivity contribution in [3.63, 3.8) is 0 Å². The van der Waals surface area contributed by atoms with E-state index in [9.17, 15) is 9.59 Å². The van der Waals surface area contributed by atoms with Crippen LogP contribution in [0.25, 0.3) is 0 Å². The molecule has 2 rings (SSSR count). The first-order valence-electron chi connectivity index (χ1n) is 8.08. The number of amides is 2. The number of hydrogen-bond acceptors (Lipinski definition) is 2. The quantitative estimate of drug-likeness (QED) is 0.766. The van der Waals surface area contributed by atoms with Gasteiger partial charge in [0.05, 0.1) is 0 Å². The molecule has 0 saturated carbocycles. The van der Waals surface area contributed by atoms with Gasteiger partial charge in [-0.15, -0.1) is 0 Å². The van der Waals surface area contributed by atoms with Crippen LogP contribution >= 0.6 is 0 Å². The number of nitrogens with one attached hydrogen (secondary N) is 1. The second-order valence-corrected chi connectivity index (χ2v) is 6.11. The maximum absolute atomic E-state index is 12.3. The van der Waals surface area contributed by atoms with E-state index in [1.807, 2.05) is 4.90 Å². The molecule has 21 heavy (non-hydrogen) atoms. The van der Waals surface area contributed by atoms with Gasteiger partial charge in [-0.05, 0) is 50.9 Å². The first-order chi connectivity index (χ1) is 10.2. The van der Waals surface area contributed by atoms with Gasteiger partial charge in [-0.2, -0.15) is 0 Å². The third-order valence-corrected chi connectivity index (χ3v) is 4.50. The molecule has 0 radical (unpaired) electrons. The molecule has 2 aliphatic rings. The van der Waals surface area contributed by atoms with Crippen LogP contribution in [0.1, 0.15) is 51.4 Å². The highest BCUT2D eigenvalue weighted by molar-refractivity contribution is 5.74. The summed E-state index contributed by atoms with van der Waals surface area (Å²) in [6.07, 6.45) is 11.4. The lowest BCUT2D eigenvalue weighted by Gasteiger charge is -2.36. The topological polar surface area (TPSA) is 69.6 Å². The van der Waals surface area contributed by atoms with E-state index in [1.54, 1.807) is 0 Å². The smallest absolute Gasteiger partial charge is 0.317 e. The predicted molar refractivity (Wildman–Crippen MR) is 81.1 cm³/mol. The van der Waals surface area contributed by atoms with Crippen molar-refractivity contribution in [1.29, 1.82) is 0 Å². The van der Waals surface area contributed by atoms with Crippen LogP contribution in [0.4, 0.5) is 4.79 Å². The highest BCUT2D eigenvalue weighted by atomic mass is 16.4. The van der Waals surface area contributed by atoms with E-state index in [2.05, 4.69) is 17.5 Å². The van der Waals surface area contributed by atoms with E-state index in [0.717, 1.165) is 51.6 Å². The molecule has 1 fully saturated rings. The molecule has 118 valence electrons. The van der Waals surface area contributed by atoms with Crippen molar-refractivity contribution in [2.24, 2.45) is 5.92 Å². The summed E-state index contributed by atoms with van der Waals surface area (Å²) in [6.45, 7) is 1.48. The van der Waals surface area contributed by atoms with Gasteiger partial charge in [0, 0.05) is 25.6 Å². The summed E-state index contributed by atoms with van der Waals surface area (Å²) < 4.78 is 0. The van der Waals surface area contributed by atoms with Crippen molar-refractivity contribution in [3.05, 3.63) is 12.2 Å². The highest BCUT2D eigenvalue weighted by Gasteiger charge is 2.27. The number of carbonyl (C=O) groups excluding carboxylic acids is 1. The number of piperidine rings is 1. The molecule has 2 N–H and O–H groups in total. The van der Waals surface area contributed by atoms with Crippen LogP contribution in [0.5, 0.6) is 0 Å². The fourth-order valence-electron chi connectivity index (χ4n) is 3.23. The zero-order chi connectivity index (χ0) is 15.1. The van der Waals surface area contributed by atoms with Crippen LogP contribution in [0.3, 0.4) is 0 Å². The van der Waals surface area contributed by atoms with E-state index in [4.69, 9.17) is 5.11 Å². The van der Waals surface area contributed by atoms with Crippen LogP contribution in [-0.4, -0.2) is 41.1 Å². The molecule has 1 aliphatic heterocycles. The van der Waals surface area contributed by atoms with Gasteiger partial charge in [-0.3, -0.25) is 4.79 Å². The minimum absolute atomic E-state index is 0.0142. The maximum Gasteiger partial charge on any atom is 0.317 e. The molecule has 1 saturated heterocycles. The Labute approximate surface area is 126 Å². The number of nitrogens with zero attached hydrogens (tertiary/aromatic N) is 1. The SMILES string of the molecule is O=C(O)CCC1CCCCN1C(=O)NCC1CC=CCC1. The summed E-state index contributed by atoms with van der Waals surface area (Å²) in [6, 6.07) is 0.0701. The van der Waals surface area contributed by atoms with Crippen LogP contribution in [0.2, 0.25) is 0 Å². The second-order valence-electron chi connectivity index (χ2n) is 6.11. The molecular formula is C16H26N2O3. The van der Waals surface area contributed by atoms with Gasteiger partial charge in [0.25, 0.3) is 0 Å². The molecule has 2 unspecified atom stereocenters. The molecule has 1 heterocycles. The summed E-state index contributed by atoms with van der Waals surface area (Å²) in [5, 5.41) is 11.9. The number of allylic oxidation sites excluding steroid dienone is 2. The Morgan fingerprint density at radius 2 is 2.10 bits per heavy atom. The first-order valence-corrected chi connectivity index (χ1v) is 8.08. The van der Waals surface area contributed by atoms with Crippen molar-refractivity contribution in [2.45, 2.75) is 57.4 Å². The van der Waals surface area contributed by atoms with Crippen molar-refractivity contribution in [2.75, 3.05) is 13.1 Å². The second kappa shape index (κ2) is 8.05. The zero-order valence-corrected chi connectivity index (χ0v) is 12.6. The minimum atomic E-state index is -0.782. The fourth-order valence-corrected chi connectivity index (χ4v) is 3.23. The number of hydrogen-bond donors (Lipinski definition) is 2. The summed E-state index contributed by atoms with van der Waals surface area (Å²) in [7, 11) is 0. The van der Waals surface area contributed by atoms with Gasteiger partial charge in [0.2, 0.25) is 0 Å². The van der Waals surface area contributed by atoms with Crippen molar-refractivity contribution in [1.82, 2.24) is 10.2 Å². The van der Waals surface area contributed by atoms with Crippen molar-refractivity contribution in [3.8, 4) is 0 Å². The lowest BCUT2D eigenvalue weighted by Crippen LogP contribution is -2.49. The molecular weight excluding hydrogens is 268 g/mol. The average Bonchev–Trinajstić information content (AvgIpc) is 2.52. The number of rotatable bonds is 5. The Hall–Kier alpha value is -1.52. The van der Waals surface area contributed by atoms with Crippen LogP contribution in [0.15, 0.2) is 12.2 Å². The lowest BCUT2D eigenvalue weighted by atomic mass is 9.94. The van der Waals surface area contributed by atoms with E-state index >= 15 is 0 Å². The summed E-state index contributed by atoms with van der Waals surface area (Å²) >= 11 is 0. The number of carboxylic acid groups (broad SMARTS) is 1. The first kappa shape index (κ1) is 15.9. The largest absolute Gasteiger partial charge is 0.481 e. The van der Waals surface area contributed by atoms with Gasteiger partial charge in [-0.1, -0.05) is 12.2 Å². The zero-order valence-electron chi connectivity index (χ0n) is 12.6. The Morgan fingerprint density at radius 3 is 2.81 bits per heavy atom. The highest BCUT2D eigenvalue weighted by Crippen LogP contribution is 2.21. The van der Waals surface area contributed by atoms with E-state index < -0.39 is 5.97 Å². The average molecular weight is 294 g/mol. The molecule has 1 aliphatic carbocycles. The van der Waals surface area contributed by atoms with E-state index in [0.29, 0.717) is 12.3 Å². The maximum atomic E-state index is 12.3. The van der Waals surface area contributed by atoms with E-state index in [1.165, 1.54) is 0 Å². The molecule has 2 amide bonds. The minimum Gasteiger partial charge on any atom is -0.481 e. The molecule has 0 spiro atoms. The molecule has 5 nitrogen and oxygen atoms in total. The third-order valence-electron chi connectivity index (χ3n) is 4.50. The summed E-state index contributed by atoms with van der Waals surface area (Å²) in [5.41, 5.74) is 0. The molecule has 0 bridgehead atoms. The predicted octanol–water partition coefficient (Wildman–Crippen LogP) is 2.77. The number of likely N-dealkylation sites (tertiary alicyclic amines) is 1. The molecule has 5 heteroatoms. The number of aliphatic carboxylic acids is 1. The Bertz CT molecular complexity index is 395. The summed E-state index contributed by atoms with van der Waals surface area (Å²) in [4.78, 5) is 24.9. The number of carbonyl (C=O) groups is 2. The van der Waals surface area contributed by atoms with Gasteiger partial charge in [-0.25, -0.2) is 4.79 Å². The summed E-state index contributed by atoms with van der Waals surface area (Å²) in [5.74, 6) is -0.240. The van der Waals surface area contributed by atoms with E-state index in [-0.39, 0.29) is 18.5 Å². The van der Waals surface area contributed by atoms with Gasteiger partial charge in [0.15, 0.2) is 0 Å². The van der Waals surface area contributed by atoms with Crippen LogP contribution in [-0.2, 0) is 4.79 Å². The Balaban J connectivity index is 1.80. The number of carboxylic acids is 1. The fraction of sp³-hybridized carbons (Fsp3) is 0.750. The van der Waals surface area contributed by atoms with Gasteiger partial charge in [0.1, 0.15) is 0 Å². The Kier molecular flexibility index (Phi) is 6.08. The van der Waals surface area contributed by atoms with Crippen LogP contribution in [0, 0.1) is 5.92 Å². The standard InChI is InChI=1S/C16H26N2O3/c19-15(20)10-9-14-8-4-5-11-18(14)16(21)17-12-13-6-2-1-3-7-13/h1-2,13-14H,3-12H2,(H,17,21)(H,19,20). The third kappa shape index (κ3) is 5.06.